The molecular formula is C21H25NO8. The molecule has 0 bridgehead atoms. The minimum atomic E-state index is -1.21. The van der Waals surface area contributed by atoms with Crippen LogP contribution in [0.25, 0.3) is 0 Å². The fourth-order valence-electron chi connectivity index (χ4n) is 3.38. The summed E-state index contributed by atoms with van der Waals surface area (Å²) in [6.45, 7) is 6.43. The Kier molecular flexibility index (Phi) is 7.20. The molecule has 2 heterocycles. The van der Waals surface area contributed by atoms with Crippen LogP contribution in [0.15, 0.2) is 43.0 Å². The number of hydrogen-bond donors (Lipinski definition) is 1. The number of rotatable bonds is 6. The van der Waals surface area contributed by atoms with E-state index in [9.17, 15) is 14.4 Å². The minimum Gasteiger partial charge on any atom is -0.457 e. The Morgan fingerprint density at radius 3 is 2.57 bits per heavy atom. The monoisotopic (exact) mass is 419 g/mol. The summed E-state index contributed by atoms with van der Waals surface area (Å²) in [5, 5.41) is 2.65. The van der Waals surface area contributed by atoms with Crippen LogP contribution in [0, 0.1) is 0 Å². The second-order valence-electron chi connectivity index (χ2n) is 6.89. The first-order valence-corrected chi connectivity index (χ1v) is 9.70. The summed E-state index contributed by atoms with van der Waals surface area (Å²) in [4.78, 5) is 35.8. The third kappa shape index (κ3) is 5.05. The van der Waals surface area contributed by atoms with Gasteiger partial charge in [-0.3, -0.25) is 9.59 Å². The number of amides is 1. The maximum Gasteiger partial charge on any atom is 0.332 e. The molecule has 1 aromatic carbocycles. The van der Waals surface area contributed by atoms with Gasteiger partial charge in [0.05, 0.1) is 6.61 Å². The van der Waals surface area contributed by atoms with Crippen molar-refractivity contribution in [1.29, 1.82) is 0 Å². The van der Waals surface area contributed by atoms with E-state index in [-0.39, 0.29) is 13.0 Å². The molecular weight excluding hydrogens is 394 g/mol. The van der Waals surface area contributed by atoms with Crippen molar-refractivity contribution in [3.63, 3.8) is 0 Å². The lowest BCUT2D eigenvalue weighted by molar-refractivity contribution is -0.339. The van der Waals surface area contributed by atoms with Gasteiger partial charge in [-0.15, -0.1) is 0 Å². The summed E-state index contributed by atoms with van der Waals surface area (Å²) in [6.07, 6.45) is -3.22. The standard InChI is InChI=1S/C21H25NO8/c1-4-15(24)28-19-17(22-12(3)23)21(29-16(25)5-2)27-14-11-26-20(30-18(14)19)13-9-7-6-8-10-13/h5-10,14,17-21H,2,4,11H2,1,3H3,(H,22,23)/t14-,17+,18-,19+,20+,21+/m1/s1. The smallest absolute Gasteiger partial charge is 0.332 e. The predicted molar refractivity (Wildman–Crippen MR) is 103 cm³/mol. The largest absolute Gasteiger partial charge is 0.457 e. The van der Waals surface area contributed by atoms with Crippen molar-refractivity contribution >= 4 is 17.8 Å². The van der Waals surface area contributed by atoms with Gasteiger partial charge in [0.1, 0.15) is 18.2 Å². The Balaban J connectivity index is 1.90. The van der Waals surface area contributed by atoms with Crippen LogP contribution in [-0.2, 0) is 38.1 Å². The van der Waals surface area contributed by atoms with Crippen LogP contribution in [0.2, 0.25) is 0 Å². The lowest BCUT2D eigenvalue weighted by Crippen LogP contribution is -2.67. The highest BCUT2D eigenvalue weighted by Gasteiger charge is 2.53. The molecule has 0 unspecified atom stereocenters. The molecule has 162 valence electrons. The summed E-state index contributed by atoms with van der Waals surface area (Å²) >= 11 is 0. The van der Waals surface area contributed by atoms with Crippen LogP contribution in [0.5, 0.6) is 0 Å². The van der Waals surface area contributed by atoms with Crippen molar-refractivity contribution in [1.82, 2.24) is 5.32 Å². The van der Waals surface area contributed by atoms with Crippen LogP contribution in [0.1, 0.15) is 32.1 Å². The highest BCUT2D eigenvalue weighted by Crippen LogP contribution is 2.35. The van der Waals surface area contributed by atoms with Gasteiger partial charge < -0.3 is 29.0 Å². The second kappa shape index (κ2) is 9.84. The van der Waals surface area contributed by atoms with E-state index in [1.165, 1.54) is 6.92 Å². The van der Waals surface area contributed by atoms with E-state index in [0.717, 1.165) is 11.6 Å². The topological polar surface area (TPSA) is 109 Å². The molecule has 0 aliphatic carbocycles. The average molecular weight is 419 g/mol. The fourth-order valence-corrected chi connectivity index (χ4v) is 3.38. The molecule has 0 saturated carbocycles. The fraction of sp³-hybridized carbons (Fsp3) is 0.476. The van der Waals surface area contributed by atoms with Crippen molar-refractivity contribution in [3.8, 4) is 0 Å². The van der Waals surface area contributed by atoms with Crippen molar-refractivity contribution in [2.45, 2.75) is 57.2 Å². The molecule has 2 aliphatic rings. The third-order valence-electron chi connectivity index (χ3n) is 4.74. The van der Waals surface area contributed by atoms with Gasteiger partial charge in [-0.05, 0) is 0 Å². The Morgan fingerprint density at radius 2 is 1.93 bits per heavy atom. The van der Waals surface area contributed by atoms with Crippen molar-refractivity contribution in [2.24, 2.45) is 0 Å². The second-order valence-corrected chi connectivity index (χ2v) is 6.89. The molecule has 0 radical (unpaired) electrons. The van der Waals surface area contributed by atoms with Crippen LogP contribution in [0.3, 0.4) is 0 Å². The summed E-state index contributed by atoms with van der Waals surface area (Å²) in [6, 6.07) is 8.30. The molecule has 0 spiro atoms. The van der Waals surface area contributed by atoms with Crippen LogP contribution < -0.4 is 5.32 Å². The Labute approximate surface area is 174 Å². The van der Waals surface area contributed by atoms with E-state index < -0.39 is 54.8 Å². The molecule has 9 nitrogen and oxygen atoms in total. The summed E-state index contributed by atoms with van der Waals surface area (Å²) < 4.78 is 28.6. The quantitative estimate of drug-likeness (QED) is 0.544. The summed E-state index contributed by atoms with van der Waals surface area (Å²) in [5.41, 5.74) is 0.785. The molecule has 1 aromatic rings. The molecule has 0 aromatic heterocycles. The van der Waals surface area contributed by atoms with Gasteiger partial charge >= 0.3 is 11.9 Å². The van der Waals surface area contributed by atoms with Gasteiger partial charge in [-0.25, -0.2) is 4.79 Å². The first kappa shape index (κ1) is 21.9. The van der Waals surface area contributed by atoms with Crippen LogP contribution in [0.4, 0.5) is 0 Å². The van der Waals surface area contributed by atoms with Crippen molar-refractivity contribution in [2.75, 3.05) is 6.61 Å². The molecule has 9 heteroatoms. The number of ether oxygens (including phenoxy) is 5. The first-order valence-electron chi connectivity index (χ1n) is 9.70. The maximum absolute atomic E-state index is 12.1. The summed E-state index contributed by atoms with van der Waals surface area (Å²) in [5.74, 6) is -1.64. The molecule has 1 amide bonds. The van der Waals surface area contributed by atoms with E-state index in [1.54, 1.807) is 6.92 Å². The average Bonchev–Trinajstić information content (AvgIpc) is 2.75. The molecule has 6 atom stereocenters. The van der Waals surface area contributed by atoms with Gasteiger partial charge in [0.25, 0.3) is 0 Å². The number of carbonyl (C=O) groups excluding carboxylic acids is 3. The van der Waals surface area contributed by atoms with Gasteiger partial charge in [-0.1, -0.05) is 43.8 Å². The Morgan fingerprint density at radius 1 is 1.20 bits per heavy atom. The van der Waals surface area contributed by atoms with Gasteiger partial charge in [0, 0.05) is 25.0 Å². The maximum atomic E-state index is 12.1. The molecule has 2 saturated heterocycles. The van der Waals surface area contributed by atoms with Gasteiger partial charge in [0.2, 0.25) is 12.2 Å². The zero-order chi connectivity index (χ0) is 21.7. The number of esters is 2. The normalized spacial score (nSPS) is 30.5. The zero-order valence-corrected chi connectivity index (χ0v) is 16.8. The number of fused-ring (bicyclic) bond motifs is 1. The lowest BCUT2D eigenvalue weighted by atomic mass is 9.95. The SMILES string of the molecule is C=CC(=O)O[C@@H]1O[C@@H]2CO[C@H](c3ccccc3)O[C@H]2[C@@H](OC(=O)CC)[C@@H]1NC(C)=O. The predicted octanol–water partition coefficient (Wildman–Crippen LogP) is 1.38. The summed E-state index contributed by atoms with van der Waals surface area (Å²) in [7, 11) is 0. The highest BCUT2D eigenvalue weighted by molar-refractivity contribution is 5.81. The number of carbonyl (C=O) groups is 3. The van der Waals surface area contributed by atoms with E-state index >= 15 is 0 Å². The van der Waals surface area contributed by atoms with E-state index in [2.05, 4.69) is 11.9 Å². The van der Waals surface area contributed by atoms with Crippen molar-refractivity contribution < 1.29 is 38.1 Å². The van der Waals surface area contributed by atoms with E-state index in [4.69, 9.17) is 23.7 Å². The number of benzene rings is 1. The molecule has 2 aliphatic heterocycles. The first-order chi connectivity index (χ1) is 14.4. The zero-order valence-electron chi connectivity index (χ0n) is 16.8. The van der Waals surface area contributed by atoms with Crippen molar-refractivity contribution in [3.05, 3.63) is 48.6 Å². The molecule has 2 fully saturated rings. The third-order valence-corrected chi connectivity index (χ3v) is 4.74. The van der Waals surface area contributed by atoms with Gasteiger partial charge in [-0.2, -0.15) is 0 Å². The Hall–Kier alpha value is -2.75. The number of nitrogens with one attached hydrogen (secondary N) is 1. The van der Waals surface area contributed by atoms with Crippen LogP contribution in [-0.4, -0.2) is 55.1 Å². The molecule has 3 rings (SSSR count). The Bertz CT molecular complexity index is 782. The number of hydrogen-bond acceptors (Lipinski definition) is 8. The molecule has 1 N–H and O–H groups in total. The minimum absolute atomic E-state index is 0.110. The molecule has 30 heavy (non-hydrogen) atoms. The van der Waals surface area contributed by atoms with E-state index in [0.29, 0.717) is 0 Å². The lowest BCUT2D eigenvalue weighted by Gasteiger charge is -2.48. The highest BCUT2D eigenvalue weighted by atomic mass is 16.8. The van der Waals surface area contributed by atoms with Crippen LogP contribution >= 0.6 is 0 Å². The van der Waals surface area contributed by atoms with Gasteiger partial charge in [0.15, 0.2) is 12.4 Å². The van der Waals surface area contributed by atoms with E-state index in [1.807, 2.05) is 30.3 Å².